The molecular weight excluding hydrogens is 212 g/mol. The summed E-state index contributed by atoms with van der Waals surface area (Å²) in [6.07, 6.45) is 6.98. The van der Waals surface area contributed by atoms with Gasteiger partial charge in [-0.3, -0.25) is 4.90 Å². The number of furan rings is 1. The smallest absolute Gasteiger partial charge is 0.117 e. The van der Waals surface area contributed by atoms with E-state index >= 15 is 0 Å². The Morgan fingerprint density at radius 1 is 1.35 bits per heavy atom. The second-order valence-corrected chi connectivity index (χ2v) is 4.94. The van der Waals surface area contributed by atoms with Gasteiger partial charge in [0, 0.05) is 12.1 Å². The van der Waals surface area contributed by atoms with Crippen LogP contribution in [0.4, 0.5) is 0 Å². The summed E-state index contributed by atoms with van der Waals surface area (Å²) in [7, 11) is 2.07. The lowest BCUT2D eigenvalue weighted by Crippen LogP contribution is -2.41. The fourth-order valence-electron chi connectivity index (χ4n) is 2.83. The molecule has 0 unspecified atom stereocenters. The van der Waals surface area contributed by atoms with E-state index in [2.05, 4.69) is 30.3 Å². The van der Waals surface area contributed by atoms with Crippen molar-refractivity contribution in [1.29, 1.82) is 0 Å². The maximum absolute atomic E-state index is 5.44. The van der Waals surface area contributed by atoms with Crippen molar-refractivity contribution < 1.29 is 4.42 Å². The SMILES string of the molecule is CCN(Cc1ccco1)C1CCC(NC)CC1. The fourth-order valence-corrected chi connectivity index (χ4v) is 2.83. The Morgan fingerprint density at radius 3 is 2.65 bits per heavy atom. The summed E-state index contributed by atoms with van der Waals surface area (Å²) in [4.78, 5) is 2.55. The highest BCUT2D eigenvalue weighted by Crippen LogP contribution is 2.24. The molecule has 2 rings (SSSR count). The second kappa shape index (κ2) is 6.22. The Hall–Kier alpha value is -0.800. The topological polar surface area (TPSA) is 28.4 Å². The molecular formula is C14H24N2O. The summed E-state index contributed by atoms with van der Waals surface area (Å²) >= 11 is 0. The minimum Gasteiger partial charge on any atom is -0.468 e. The maximum Gasteiger partial charge on any atom is 0.117 e. The molecule has 1 heterocycles. The average molecular weight is 236 g/mol. The number of nitrogens with zero attached hydrogens (tertiary/aromatic N) is 1. The van der Waals surface area contributed by atoms with Gasteiger partial charge in [0.15, 0.2) is 0 Å². The van der Waals surface area contributed by atoms with Gasteiger partial charge in [-0.15, -0.1) is 0 Å². The van der Waals surface area contributed by atoms with Crippen LogP contribution in [0.2, 0.25) is 0 Å². The Labute approximate surface area is 104 Å². The van der Waals surface area contributed by atoms with Crippen LogP contribution in [-0.2, 0) is 6.54 Å². The van der Waals surface area contributed by atoms with Crippen molar-refractivity contribution in [3.8, 4) is 0 Å². The van der Waals surface area contributed by atoms with E-state index in [-0.39, 0.29) is 0 Å². The quantitative estimate of drug-likeness (QED) is 0.852. The molecule has 1 N–H and O–H groups in total. The van der Waals surface area contributed by atoms with Gasteiger partial charge in [-0.05, 0) is 51.4 Å². The van der Waals surface area contributed by atoms with Crippen molar-refractivity contribution in [2.45, 2.75) is 51.2 Å². The zero-order valence-electron chi connectivity index (χ0n) is 11.0. The van der Waals surface area contributed by atoms with Crippen molar-refractivity contribution in [2.24, 2.45) is 0 Å². The number of hydrogen-bond acceptors (Lipinski definition) is 3. The van der Waals surface area contributed by atoms with E-state index < -0.39 is 0 Å². The molecule has 0 aromatic carbocycles. The van der Waals surface area contributed by atoms with E-state index in [1.165, 1.54) is 25.7 Å². The first-order valence-electron chi connectivity index (χ1n) is 6.77. The van der Waals surface area contributed by atoms with E-state index in [0.717, 1.165) is 30.9 Å². The van der Waals surface area contributed by atoms with E-state index in [1.807, 2.05) is 6.07 Å². The molecule has 0 atom stereocenters. The Morgan fingerprint density at radius 2 is 2.12 bits per heavy atom. The van der Waals surface area contributed by atoms with Gasteiger partial charge in [0.05, 0.1) is 12.8 Å². The molecule has 1 fully saturated rings. The first-order chi connectivity index (χ1) is 8.33. The Kier molecular flexibility index (Phi) is 4.63. The van der Waals surface area contributed by atoms with E-state index in [9.17, 15) is 0 Å². The Bertz CT molecular complexity index is 302. The molecule has 17 heavy (non-hydrogen) atoms. The first-order valence-corrected chi connectivity index (χ1v) is 6.77. The molecule has 0 bridgehead atoms. The molecule has 0 aliphatic heterocycles. The van der Waals surface area contributed by atoms with Crippen molar-refractivity contribution in [3.63, 3.8) is 0 Å². The van der Waals surface area contributed by atoms with Crippen LogP contribution in [0.5, 0.6) is 0 Å². The van der Waals surface area contributed by atoms with E-state index in [0.29, 0.717) is 0 Å². The van der Waals surface area contributed by atoms with Crippen LogP contribution in [-0.4, -0.2) is 30.6 Å². The van der Waals surface area contributed by atoms with Crippen LogP contribution in [0.15, 0.2) is 22.8 Å². The molecule has 1 aliphatic rings. The summed E-state index contributed by atoms with van der Waals surface area (Å²) < 4.78 is 5.44. The second-order valence-electron chi connectivity index (χ2n) is 4.94. The van der Waals surface area contributed by atoms with Crippen molar-refractivity contribution in [1.82, 2.24) is 10.2 Å². The highest BCUT2D eigenvalue weighted by molar-refractivity contribution is 4.98. The predicted molar refractivity (Wildman–Crippen MR) is 69.9 cm³/mol. The van der Waals surface area contributed by atoms with Crippen LogP contribution in [0.25, 0.3) is 0 Å². The van der Waals surface area contributed by atoms with Crippen molar-refractivity contribution >= 4 is 0 Å². The number of hydrogen-bond donors (Lipinski definition) is 1. The zero-order valence-corrected chi connectivity index (χ0v) is 11.0. The molecule has 0 spiro atoms. The van der Waals surface area contributed by atoms with Crippen LogP contribution in [0.1, 0.15) is 38.4 Å². The molecule has 3 nitrogen and oxygen atoms in total. The van der Waals surface area contributed by atoms with Gasteiger partial charge in [0.1, 0.15) is 5.76 Å². The van der Waals surface area contributed by atoms with Crippen LogP contribution >= 0.6 is 0 Å². The lowest BCUT2D eigenvalue weighted by atomic mass is 9.90. The van der Waals surface area contributed by atoms with Crippen LogP contribution < -0.4 is 5.32 Å². The third-order valence-electron chi connectivity index (χ3n) is 3.97. The number of nitrogens with one attached hydrogen (secondary N) is 1. The van der Waals surface area contributed by atoms with Gasteiger partial charge >= 0.3 is 0 Å². The standard InChI is InChI=1S/C14H24N2O/c1-3-16(11-14-5-4-10-17-14)13-8-6-12(15-2)7-9-13/h4-5,10,12-13,15H,3,6-9,11H2,1-2H3. The monoisotopic (exact) mass is 236 g/mol. The van der Waals surface area contributed by atoms with Gasteiger partial charge in [-0.25, -0.2) is 0 Å². The molecule has 1 aliphatic carbocycles. The predicted octanol–water partition coefficient (Wildman–Crippen LogP) is 2.63. The van der Waals surface area contributed by atoms with Gasteiger partial charge in [0.2, 0.25) is 0 Å². The lowest BCUT2D eigenvalue weighted by Gasteiger charge is -2.35. The molecule has 0 radical (unpaired) electrons. The Balaban J connectivity index is 1.86. The highest BCUT2D eigenvalue weighted by atomic mass is 16.3. The summed E-state index contributed by atoms with van der Waals surface area (Å²) in [5, 5.41) is 3.39. The molecule has 3 heteroatoms. The summed E-state index contributed by atoms with van der Waals surface area (Å²) in [6.45, 7) is 4.31. The van der Waals surface area contributed by atoms with Gasteiger partial charge in [-0.1, -0.05) is 6.92 Å². The molecule has 1 aromatic rings. The zero-order chi connectivity index (χ0) is 12.1. The van der Waals surface area contributed by atoms with Gasteiger partial charge in [0.25, 0.3) is 0 Å². The summed E-state index contributed by atoms with van der Waals surface area (Å²) in [5.41, 5.74) is 0. The third-order valence-corrected chi connectivity index (χ3v) is 3.97. The molecule has 96 valence electrons. The molecule has 0 saturated heterocycles. The van der Waals surface area contributed by atoms with Gasteiger partial charge < -0.3 is 9.73 Å². The fraction of sp³-hybridized carbons (Fsp3) is 0.714. The summed E-state index contributed by atoms with van der Waals surface area (Å²) in [5.74, 6) is 1.09. The maximum atomic E-state index is 5.44. The van der Waals surface area contributed by atoms with E-state index in [1.54, 1.807) is 6.26 Å². The summed E-state index contributed by atoms with van der Waals surface area (Å²) in [6, 6.07) is 5.51. The third kappa shape index (κ3) is 3.33. The molecule has 1 aromatic heterocycles. The lowest BCUT2D eigenvalue weighted by molar-refractivity contribution is 0.135. The minimum absolute atomic E-state index is 0.730. The van der Waals surface area contributed by atoms with Gasteiger partial charge in [-0.2, -0.15) is 0 Å². The van der Waals surface area contributed by atoms with Crippen LogP contribution in [0.3, 0.4) is 0 Å². The molecule has 0 amide bonds. The van der Waals surface area contributed by atoms with E-state index in [4.69, 9.17) is 4.42 Å². The highest BCUT2D eigenvalue weighted by Gasteiger charge is 2.24. The van der Waals surface area contributed by atoms with Crippen molar-refractivity contribution in [2.75, 3.05) is 13.6 Å². The minimum atomic E-state index is 0.730. The van der Waals surface area contributed by atoms with Crippen molar-refractivity contribution in [3.05, 3.63) is 24.2 Å². The normalized spacial score (nSPS) is 25.4. The molecule has 1 saturated carbocycles. The van der Waals surface area contributed by atoms with Crippen LogP contribution in [0, 0.1) is 0 Å². The first kappa shape index (κ1) is 12.7. The largest absolute Gasteiger partial charge is 0.468 e. The average Bonchev–Trinajstić information content (AvgIpc) is 2.89. The number of rotatable bonds is 5.